The molecule has 1 unspecified atom stereocenters. The highest BCUT2D eigenvalue weighted by molar-refractivity contribution is 5.91. The zero-order valence-corrected chi connectivity index (χ0v) is 13.2. The van der Waals surface area contributed by atoms with E-state index in [9.17, 15) is 4.79 Å². The fourth-order valence-corrected chi connectivity index (χ4v) is 2.91. The third kappa shape index (κ3) is 3.86. The minimum atomic E-state index is 0.00846. The standard InChI is InChI=1S/C16H27N3O2/c1-3-5-13(12-17)18-8-10-19(11-9-18)16(20)15-7-6-14(4-2)21-15/h6-7,13H,3-5,8-12,17H2,1-2H3. The molecule has 1 amide bonds. The van der Waals surface area contributed by atoms with Crippen molar-refractivity contribution in [1.82, 2.24) is 9.80 Å². The van der Waals surface area contributed by atoms with Gasteiger partial charge >= 0.3 is 0 Å². The van der Waals surface area contributed by atoms with Crippen LogP contribution in [0.1, 0.15) is 43.0 Å². The van der Waals surface area contributed by atoms with Crippen molar-refractivity contribution >= 4 is 5.91 Å². The van der Waals surface area contributed by atoms with Crippen molar-refractivity contribution in [3.05, 3.63) is 23.7 Å². The average Bonchev–Trinajstić information content (AvgIpc) is 3.01. The second-order valence-electron chi connectivity index (χ2n) is 5.63. The highest BCUT2D eigenvalue weighted by atomic mass is 16.4. The molecule has 1 saturated heterocycles. The number of carbonyl (C=O) groups is 1. The average molecular weight is 293 g/mol. The van der Waals surface area contributed by atoms with Crippen LogP contribution in [0.2, 0.25) is 0 Å². The van der Waals surface area contributed by atoms with E-state index in [4.69, 9.17) is 10.2 Å². The highest BCUT2D eigenvalue weighted by Crippen LogP contribution is 2.15. The summed E-state index contributed by atoms with van der Waals surface area (Å²) in [5.41, 5.74) is 5.86. The van der Waals surface area contributed by atoms with E-state index in [1.54, 1.807) is 6.07 Å². The quantitative estimate of drug-likeness (QED) is 0.867. The van der Waals surface area contributed by atoms with Crippen LogP contribution in [0.15, 0.2) is 16.5 Å². The number of nitrogens with two attached hydrogens (primary N) is 1. The van der Waals surface area contributed by atoms with Crippen molar-refractivity contribution in [3.63, 3.8) is 0 Å². The van der Waals surface area contributed by atoms with E-state index >= 15 is 0 Å². The number of carbonyl (C=O) groups excluding carboxylic acids is 1. The molecule has 1 aromatic rings. The Bertz CT molecular complexity index is 450. The fourth-order valence-electron chi connectivity index (χ4n) is 2.91. The summed E-state index contributed by atoms with van der Waals surface area (Å²) in [6.07, 6.45) is 3.09. The van der Waals surface area contributed by atoms with Gasteiger partial charge < -0.3 is 15.1 Å². The Morgan fingerprint density at radius 1 is 1.29 bits per heavy atom. The molecule has 118 valence electrons. The van der Waals surface area contributed by atoms with Gasteiger partial charge in [-0.25, -0.2) is 0 Å². The van der Waals surface area contributed by atoms with Gasteiger partial charge in [0.2, 0.25) is 0 Å². The first kappa shape index (κ1) is 16.0. The molecule has 21 heavy (non-hydrogen) atoms. The number of furan rings is 1. The normalized spacial score (nSPS) is 18.0. The number of amides is 1. The second-order valence-corrected chi connectivity index (χ2v) is 5.63. The van der Waals surface area contributed by atoms with Gasteiger partial charge in [0, 0.05) is 45.2 Å². The van der Waals surface area contributed by atoms with Crippen LogP contribution in [0.5, 0.6) is 0 Å². The predicted octanol–water partition coefficient (Wildman–Crippen LogP) is 1.73. The van der Waals surface area contributed by atoms with Crippen LogP contribution in [0, 0.1) is 0 Å². The van der Waals surface area contributed by atoms with Crippen molar-refractivity contribution < 1.29 is 9.21 Å². The molecule has 2 heterocycles. The summed E-state index contributed by atoms with van der Waals surface area (Å²) >= 11 is 0. The van der Waals surface area contributed by atoms with Crippen LogP contribution in [-0.4, -0.2) is 54.5 Å². The SMILES string of the molecule is CCCC(CN)N1CCN(C(=O)c2ccc(CC)o2)CC1. The highest BCUT2D eigenvalue weighted by Gasteiger charge is 2.26. The van der Waals surface area contributed by atoms with Crippen LogP contribution in [0.4, 0.5) is 0 Å². The van der Waals surface area contributed by atoms with Crippen molar-refractivity contribution in [3.8, 4) is 0 Å². The Labute approximate surface area is 127 Å². The second kappa shape index (κ2) is 7.61. The summed E-state index contributed by atoms with van der Waals surface area (Å²) in [5, 5.41) is 0. The van der Waals surface area contributed by atoms with Gasteiger partial charge in [0.25, 0.3) is 5.91 Å². The molecular formula is C16H27N3O2. The maximum absolute atomic E-state index is 12.4. The Morgan fingerprint density at radius 3 is 2.52 bits per heavy atom. The summed E-state index contributed by atoms with van der Waals surface area (Å²) in [5.74, 6) is 1.33. The van der Waals surface area contributed by atoms with E-state index in [2.05, 4.69) is 11.8 Å². The van der Waals surface area contributed by atoms with Crippen molar-refractivity contribution in [2.45, 2.75) is 39.2 Å². The van der Waals surface area contributed by atoms with E-state index in [1.165, 1.54) is 0 Å². The number of nitrogens with zero attached hydrogens (tertiary/aromatic N) is 2. The molecule has 5 nitrogen and oxygen atoms in total. The number of aryl methyl sites for hydroxylation is 1. The zero-order valence-electron chi connectivity index (χ0n) is 13.2. The Hall–Kier alpha value is -1.33. The number of piperazine rings is 1. The summed E-state index contributed by atoms with van der Waals surface area (Å²) in [6, 6.07) is 4.12. The lowest BCUT2D eigenvalue weighted by Gasteiger charge is -2.38. The van der Waals surface area contributed by atoms with Gasteiger partial charge in [0.15, 0.2) is 5.76 Å². The predicted molar refractivity (Wildman–Crippen MR) is 83.3 cm³/mol. The molecule has 5 heteroatoms. The number of hydrogen-bond donors (Lipinski definition) is 1. The van der Waals surface area contributed by atoms with Gasteiger partial charge in [0.1, 0.15) is 5.76 Å². The van der Waals surface area contributed by atoms with Gasteiger partial charge in [-0.3, -0.25) is 9.69 Å². The van der Waals surface area contributed by atoms with Gasteiger partial charge in [-0.15, -0.1) is 0 Å². The molecule has 0 aromatic carbocycles. The smallest absolute Gasteiger partial charge is 0.289 e. The van der Waals surface area contributed by atoms with Gasteiger partial charge in [-0.1, -0.05) is 20.3 Å². The van der Waals surface area contributed by atoms with Crippen LogP contribution in [-0.2, 0) is 6.42 Å². The first-order chi connectivity index (χ1) is 10.2. The Morgan fingerprint density at radius 2 is 2.00 bits per heavy atom. The fraction of sp³-hybridized carbons (Fsp3) is 0.688. The molecular weight excluding hydrogens is 266 g/mol. The van der Waals surface area contributed by atoms with Crippen LogP contribution in [0.3, 0.4) is 0 Å². The molecule has 1 atom stereocenters. The molecule has 0 radical (unpaired) electrons. The van der Waals surface area contributed by atoms with Crippen LogP contribution < -0.4 is 5.73 Å². The van der Waals surface area contributed by atoms with Crippen molar-refractivity contribution in [1.29, 1.82) is 0 Å². The van der Waals surface area contributed by atoms with E-state index in [1.807, 2.05) is 17.9 Å². The lowest BCUT2D eigenvalue weighted by atomic mass is 10.1. The Balaban J connectivity index is 1.89. The maximum atomic E-state index is 12.4. The molecule has 2 N–H and O–H groups in total. The third-order valence-corrected chi connectivity index (χ3v) is 4.23. The van der Waals surface area contributed by atoms with Crippen molar-refractivity contribution in [2.75, 3.05) is 32.7 Å². The van der Waals surface area contributed by atoms with Crippen molar-refractivity contribution in [2.24, 2.45) is 5.73 Å². The number of hydrogen-bond acceptors (Lipinski definition) is 4. The summed E-state index contributed by atoms with van der Waals surface area (Å²) in [4.78, 5) is 16.7. The zero-order chi connectivity index (χ0) is 15.2. The summed E-state index contributed by atoms with van der Waals surface area (Å²) in [6.45, 7) is 8.20. The van der Waals surface area contributed by atoms with Gasteiger partial charge in [-0.05, 0) is 18.6 Å². The van der Waals surface area contributed by atoms with Crippen LogP contribution in [0.25, 0.3) is 0 Å². The van der Waals surface area contributed by atoms with E-state index in [0.29, 0.717) is 18.3 Å². The lowest BCUT2D eigenvalue weighted by Crippen LogP contribution is -2.53. The molecule has 1 aliphatic rings. The molecule has 2 rings (SSSR count). The number of rotatable bonds is 6. The maximum Gasteiger partial charge on any atom is 0.289 e. The summed E-state index contributed by atoms with van der Waals surface area (Å²) < 4.78 is 5.56. The monoisotopic (exact) mass is 293 g/mol. The Kier molecular flexibility index (Phi) is 5.82. The topological polar surface area (TPSA) is 62.7 Å². The molecule has 0 aliphatic carbocycles. The molecule has 0 bridgehead atoms. The van der Waals surface area contributed by atoms with E-state index in [0.717, 1.165) is 51.2 Å². The first-order valence-corrected chi connectivity index (χ1v) is 8.01. The molecule has 0 spiro atoms. The lowest BCUT2D eigenvalue weighted by molar-refractivity contribution is 0.0536. The van der Waals surface area contributed by atoms with Crippen LogP contribution >= 0.6 is 0 Å². The third-order valence-electron chi connectivity index (χ3n) is 4.23. The van der Waals surface area contributed by atoms with Gasteiger partial charge in [-0.2, -0.15) is 0 Å². The van der Waals surface area contributed by atoms with Gasteiger partial charge in [0.05, 0.1) is 0 Å². The molecule has 1 fully saturated rings. The largest absolute Gasteiger partial charge is 0.456 e. The minimum Gasteiger partial charge on any atom is -0.456 e. The minimum absolute atomic E-state index is 0.00846. The molecule has 1 aliphatic heterocycles. The summed E-state index contributed by atoms with van der Waals surface area (Å²) in [7, 11) is 0. The molecule has 0 saturated carbocycles. The van der Waals surface area contributed by atoms with E-state index < -0.39 is 0 Å². The first-order valence-electron chi connectivity index (χ1n) is 8.01. The van der Waals surface area contributed by atoms with E-state index in [-0.39, 0.29) is 5.91 Å². The molecule has 1 aromatic heterocycles.